The molecule has 0 amide bonds. The molecule has 32 heavy (non-hydrogen) atoms. The standard InChI is InChI=1S/C26H25NO4S/c1-14-5-7-17(8-6-14)23-16(3)24-21-11-18(26(30)31)9-10-19(21)13-27(32-4)25(24)15(2)20(23)12-22(28)29/h5-11H,12-13H2,1-4H3,(H,28,29)(H,30,31). The number of nitrogens with zero attached hydrogens (tertiary/aromatic N) is 1. The number of aromatic carboxylic acids is 1. The predicted molar refractivity (Wildman–Crippen MR) is 130 cm³/mol. The smallest absolute Gasteiger partial charge is 0.335 e. The van der Waals surface area contributed by atoms with Crippen LogP contribution in [0.4, 0.5) is 5.69 Å². The van der Waals surface area contributed by atoms with Crippen molar-refractivity contribution >= 4 is 29.6 Å². The average Bonchev–Trinajstić information content (AvgIpc) is 2.76. The first-order chi connectivity index (χ1) is 15.2. The van der Waals surface area contributed by atoms with E-state index in [0.29, 0.717) is 6.54 Å². The zero-order chi connectivity index (χ0) is 23.2. The fraction of sp³-hybridized carbons (Fsp3) is 0.231. The third-order valence-corrected chi connectivity index (χ3v) is 6.93. The van der Waals surface area contributed by atoms with E-state index in [2.05, 4.69) is 4.31 Å². The molecule has 0 saturated heterocycles. The Kier molecular flexibility index (Phi) is 5.73. The van der Waals surface area contributed by atoms with E-state index in [1.165, 1.54) is 0 Å². The van der Waals surface area contributed by atoms with E-state index in [1.54, 1.807) is 24.1 Å². The van der Waals surface area contributed by atoms with Crippen LogP contribution in [0.3, 0.4) is 0 Å². The van der Waals surface area contributed by atoms with E-state index in [4.69, 9.17) is 0 Å². The summed E-state index contributed by atoms with van der Waals surface area (Å²) in [6.07, 6.45) is 1.92. The van der Waals surface area contributed by atoms with Gasteiger partial charge in [0.25, 0.3) is 0 Å². The molecule has 3 aromatic carbocycles. The van der Waals surface area contributed by atoms with Gasteiger partial charge in [-0.25, -0.2) is 4.79 Å². The first-order valence-electron chi connectivity index (χ1n) is 10.4. The molecular formula is C26H25NO4S. The molecule has 164 valence electrons. The summed E-state index contributed by atoms with van der Waals surface area (Å²) in [5.74, 6) is -1.84. The van der Waals surface area contributed by atoms with Crippen LogP contribution < -0.4 is 4.31 Å². The lowest BCUT2D eigenvalue weighted by molar-refractivity contribution is -0.136. The van der Waals surface area contributed by atoms with Gasteiger partial charge in [-0.2, -0.15) is 0 Å². The lowest BCUT2D eigenvalue weighted by Crippen LogP contribution is -2.23. The average molecular weight is 448 g/mol. The molecule has 5 nitrogen and oxygen atoms in total. The van der Waals surface area contributed by atoms with Gasteiger partial charge < -0.3 is 14.5 Å². The van der Waals surface area contributed by atoms with Crippen molar-refractivity contribution < 1.29 is 19.8 Å². The maximum Gasteiger partial charge on any atom is 0.335 e. The molecule has 1 heterocycles. The van der Waals surface area contributed by atoms with Gasteiger partial charge in [0, 0.05) is 11.8 Å². The summed E-state index contributed by atoms with van der Waals surface area (Å²) >= 11 is 1.59. The fourth-order valence-electron chi connectivity index (χ4n) is 4.64. The zero-order valence-electron chi connectivity index (χ0n) is 18.5. The summed E-state index contributed by atoms with van der Waals surface area (Å²) in [5, 5.41) is 19.3. The first kappa shape index (κ1) is 22.0. The number of aryl methyl sites for hydroxylation is 1. The Labute approximate surface area is 191 Å². The molecule has 0 bridgehead atoms. The molecule has 3 aromatic rings. The predicted octanol–water partition coefficient (Wildman–Crippen LogP) is 5.87. The summed E-state index contributed by atoms with van der Waals surface area (Å²) in [6, 6.07) is 13.4. The van der Waals surface area contributed by atoms with Crippen molar-refractivity contribution in [3.8, 4) is 22.3 Å². The number of anilines is 1. The monoisotopic (exact) mass is 447 g/mol. The molecule has 0 spiro atoms. The molecular weight excluding hydrogens is 422 g/mol. The van der Waals surface area contributed by atoms with Crippen molar-refractivity contribution in [2.45, 2.75) is 33.7 Å². The highest BCUT2D eigenvalue weighted by Gasteiger charge is 2.30. The second-order valence-electron chi connectivity index (χ2n) is 8.16. The van der Waals surface area contributed by atoms with Gasteiger partial charge in [0.05, 0.1) is 24.2 Å². The minimum atomic E-state index is -0.961. The second-order valence-corrected chi connectivity index (χ2v) is 8.97. The van der Waals surface area contributed by atoms with Crippen molar-refractivity contribution in [2.75, 3.05) is 10.6 Å². The Morgan fingerprint density at radius 1 is 0.969 bits per heavy atom. The highest BCUT2D eigenvalue weighted by molar-refractivity contribution is 7.99. The Bertz CT molecular complexity index is 1250. The summed E-state index contributed by atoms with van der Waals surface area (Å²) in [4.78, 5) is 23.5. The number of carboxylic acid groups (broad SMARTS) is 2. The van der Waals surface area contributed by atoms with Gasteiger partial charge in [-0.3, -0.25) is 4.79 Å². The number of carboxylic acids is 2. The van der Waals surface area contributed by atoms with Gasteiger partial charge in [-0.1, -0.05) is 47.8 Å². The molecule has 1 aliphatic heterocycles. The maximum atomic E-state index is 11.8. The van der Waals surface area contributed by atoms with Gasteiger partial charge >= 0.3 is 11.9 Å². The van der Waals surface area contributed by atoms with Crippen LogP contribution in [0, 0.1) is 20.8 Å². The SMILES string of the molecule is CSN1Cc2ccc(C(=O)O)cc2-c2c(C)c(-c3ccc(C)cc3)c(CC(=O)O)c(C)c21. The van der Waals surface area contributed by atoms with Crippen LogP contribution in [-0.2, 0) is 17.8 Å². The van der Waals surface area contributed by atoms with Crippen LogP contribution in [0.2, 0.25) is 0 Å². The van der Waals surface area contributed by atoms with Crippen LogP contribution in [-0.4, -0.2) is 28.4 Å². The third kappa shape index (κ3) is 3.65. The molecule has 0 radical (unpaired) electrons. The van der Waals surface area contributed by atoms with Gasteiger partial charge in [0.1, 0.15) is 0 Å². The van der Waals surface area contributed by atoms with Gasteiger partial charge in [-0.05, 0) is 71.8 Å². The summed E-state index contributed by atoms with van der Waals surface area (Å²) in [5.41, 5.74) is 9.85. The Hall–Kier alpha value is -3.25. The van der Waals surface area contributed by atoms with E-state index in [-0.39, 0.29) is 12.0 Å². The van der Waals surface area contributed by atoms with E-state index in [9.17, 15) is 19.8 Å². The number of hydrogen-bond acceptors (Lipinski definition) is 4. The minimum absolute atomic E-state index is 0.0760. The number of rotatable bonds is 5. The highest BCUT2D eigenvalue weighted by Crippen LogP contribution is 2.50. The van der Waals surface area contributed by atoms with E-state index < -0.39 is 11.9 Å². The molecule has 4 rings (SSSR count). The van der Waals surface area contributed by atoms with E-state index >= 15 is 0 Å². The lowest BCUT2D eigenvalue weighted by atomic mass is 9.80. The normalized spacial score (nSPS) is 12.3. The van der Waals surface area contributed by atoms with Crippen LogP contribution in [0.15, 0.2) is 42.5 Å². The highest BCUT2D eigenvalue weighted by atomic mass is 32.2. The topological polar surface area (TPSA) is 77.8 Å². The first-order valence-corrected chi connectivity index (χ1v) is 11.5. The van der Waals surface area contributed by atoms with Crippen molar-refractivity contribution in [3.63, 3.8) is 0 Å². The number of aliphatic carboxylic acids is 1. The Balaban J connectivity index is 2.12. The second kappa shape index (κ2) is 8.36. The molecule has 2 N–H and O–H groups in total. The van der Waals surface area contributed by atoms with Crippen molar-refractivity contribution in [1.29, 1.82) is 0 Å². The van der Waals surface area contributed by atoms with Crippen molar-refractivity contribution in [1.82, 2.24) is 0 Å². The fourth-order valence-corrected chi connectivity index (χ4v) is 5.32. The largest absolute Gasteiger partial charge is 0.481 e. The summed E-state index contributed by atoms with van der Waals surface area (Å²) < 4.78 is 2.17. The van der Waals surface area contributed by atoms with Gasteiger partial charge in [0.2, 0.25) is 0 Å². The minimum Gasteiger partial charge on any atom is -0.481 e. The third-order valence-electron chi connectivity index (χ3n) is 6.17. The van der Waals surface area contributed by atoms with Crippen molar-refractivity contribution in [2.24, 2.45) is 0 Å². The number of fused-ring (bicyclic) bond motifs is 3. The summed E-state index contributed by atoms with van der Waals surface area (Å²) in [7, 11) is 0. The van der Waals surface area contributed by atoms with Crippen LogP contribution in [0.5, 0.6) is 0 Å². The van der Waals surface area contributed by atoms with E-state index in [0.717, 1.165) is 55.8 Å². The molecule has 6 heteroatoms. The number of carbonyl (C=O) groups is 2. The Morgan fingerprint density at radius 3 is 2.25 bits per heavy atom. The van der Waals surface area contributed by atoms with E-state index in [1.807, 2.05) is 57.4 Å². The molecule has 0 aromatic heterocycles. The lowest BCUT2D eigenvalue weighted by Gasteiger charge is -2.35. The van der Waals surface area contributed by atoms with Gasteiger partial charge in [0.15, 0.2) is 0 Å². The molecule has 0 aliphatic carbocycles. The molecule has 0 saturated carbocycles. The number of hydrogen-bond donors (Lipinski definition) is 2. The van der Waals surface area contributed by atoms with Crippen LogP contribution in [0.1, 0.15) is 38.2 Å². The zero-order valence-corrected chi connectivity index (χ0v) is 19.3. The molecule has 0 unspecified atom stereocenters. The summed E-state index contributed by atoms with van der Waals surface area (Å²) in [6.45, 7) is 6.64. The van der Waals surface area contributed by atoms with Crippen molar-refractivity contribution in [3.05, 3.63) is 75.8 Å². The number of benzene rings is 3. The molecule has 1 aliphatic rings. The molecule has 0 fully saturated rings. The molecule has 0 atom stereocenters. The maximum absolute atomic E-state index is 11.8. The Morgan fingerprint density at radius 2 is 1.66 bits per heavy atom. The quantitative estimate of drug-likeness (QED) is 0.476. The van der Waals surface area contributed by atoms with Crippen LogP contribution in [0.25, 0.3) is 22.3 Å². The van der Waals surface area contributed by atoms with Crippen LogP contribution >= 0.6 is 11.9 Å². The van der Waals surface area contributed by atoms with Gasteiger partial charge in [-0.15, -0.1) is 0 Å².